The van der Waals surface area contributed by atoms with Crippen LogP contribution in [0.25, 0.3) is 0 Å². The van der Waals surface area contributed by atoms with E-state index < -0.39 is 0 Å². The number of amides is 1. The highest BCUT2D eigenvalue weighted by Gasteiger charge is 2.09. The molecule has 0 aliphatic heterocycles. The minimum atomic E-state index is -0.208. The van der Waals surface area contributed by atoms with Gasteiger partial charge < -0.3 is 10.2 Å². The zero-order chi connectivity index (χ0) is 13.1. The second-order valence-corrected chi connectivity index (χ2v) is 4.18. The van der Waals surface area contributed by atoms with Crippen LogP contribution in [0.2, 0.25) is 0 Å². The van der Waals surface area contributed by atoms with E-state index in [2.05, 4.69) is 20.5 Å². The lowest BCUT2D eigenvalue weighted by atomic mass is 10.2. The summed E-state index contributed by atoms with van der Waals surface area (Å²) in [4.78, 5) is 18.0. The highest BCUT2D eigenvalue weighted by molar-refractivity contribution is 6.03. The van der Waals surface area contributed by atoms with Crippen molar-refractivity contribution in [3.63, 3.8) is 0 Å². The summed E-state index contributed by atoms with van der Waals surface area (Å²) >= 11 is 0. The minimum Gasteiger partial charge on any atom is -0.363 e. The Morgan fingerprint density at radius 3 is 2.61 bits per heavy atom. The molecule has 6 nitrogen and oxygen atoms in total. The fourth-order valence-corrected chi connectivity index (χ4v) is 1.44. The third-order valence-electron chi connectivity index (χ3n) is 2.54. The summed E-state index contributed by atoms with van der Waals surface area (Å²) in [6.07, 6.45) is 3.21. The molecule has 94 valence electrons. The van der Waals surface area contributed by atoms with Crippen molar-refractivity contribution in [2.24, 2.45) is 0 Å². The molecule has 0 aliphatic rings. The smallest absolute Gasteiger partial charge is 0.258 e. The van der Waals surface area contributed by atoms with Gasteiger partial charge in [0.05, 0.1) is 11.8 Å². The molecule has 18 heavy (non-hydrogen) atoms. The number of hydrogen-bond acceptors (Lipinski definition) is 4. The van der Waals surface area contributed by atoms with E-state index >= 15 is 0 Å². The van der Waals surface area contributed by atoms with Crippen LogP contribution >= 0.6 is 0 Å². The van der Waals surface area contributed by atoms with Gasteiger partial charge in [-0.05, 0) is 19.1 Å². The lowest BCUT2D eigenvalue weighted by Gasteiger charge is -2.11. The van der Waals surface area contributed by atoms with Gasteiger partial charge in [0.2, 0.25) is 0 Å². The van der Waals surface area contributed by atoms with Gasteiger partial charge in [-0.3, -0.25) is 9.89 Å². The first-order valence-electron chi connectivity index (χ1n) is 5.52. The average molecular weight is 245 g/mol. The molecule has 6 heteroatoms. The van der Waals surface area contributed by atoms with Crippen molar-refractivity contribution in [2.45, 2.75) is 6.92 Å². The molecule has 0 radical (unpaired) electrons. The van der Waals surface area contributed by atoms with E-state index in [9.17, 15) is 4.79 Å². The number of rotatable bonds is 3. The van der Waals surface area contributed by atoms with Crippen LogP contribution in [0.15, 0.2) is 24.5 Å². The third kappa shape index (κ3) is 2.48. The zero-order valence-corrected chi connectivity index (χ0v) is 10.6. The first-order chi connectivity index (χ1) is 8.58. The molecule has 0 saturated heterocycles. The maximum Gasteiger partial charge on any atom is 0.258 e. The number of nitrogens with zero attached hydrogens (tertiary/aromatic N) is 3. The van der Waals surface area contributed by atoms with Gasteiger partial charge in [-0.25, -0.2) is 4.98 Å². The quantitative estimate of drug-likeness (QED) is 0.858. The van der Waals surface area contributed by atoms with Crippen molar-refractivity contribution in [2.75, 3.05) is 24.3 Å². The molecule has 0 bridgehead atoms. The molecule has 0 fully saturated rings. The highest BCUT2D eigenvalue weighted by Crippen LogP contribution is 2.12. The first-order valence-corrected chi connectivity index (χ1v) is 5.52. The number of hydrogen-bond donors (Lipinski definition) is 2. The van der Waals surface area contributed by atoms with E-state index in [-0.39, 0.29) is 5.91 Å². The molecular weight excluding hydrogens is 230 g/mol. The molecular formula is C12H15N5O. The normalized spacial score (nSPS) is 10.2. The van der Waals surface area contributed by atoms with Crippen LogP contribution in [0.3, 0.4) is 0 Å². The number of H-pyrrole nitrogens is 1. The van der Waals surface area contributed by atoms with Crippen molar-refractivity contribution >= 4 is 17.5 Å². The number of aromatic amines is 1. The summed E-state index contributed by atoms with van der Waals surface area (Å²) in [5.41, 5.74) is 1.40. The molecule has 0 unspecified atom stereocenters. The molecule has 0 saturated carbocycles. The van der Waals surface area contributed by atoms with Crippen LogP contribution in [0.1, 0.15) is 15.9 Å². The highest BCUT2D eigenvalue weighted by atomic mass is 16.1. The lowest BCUT2D eigenvalue weighted by Crippen LogP contribution is -2.15. The van der Waals surface area contributed by atoms with E-state index in [1.165, 1.54) is 0 Å². The molecule has 0 atom stereocenters. The molecule has 0 spiro atoms. The lowest BCUT2D eigenvalue weighted by molar-refractivity contribution is 0.102. The Kier molecular flexibility index (Phi) is 3.27. The molecule has 2 heterocycles. The number of carbonyl (C=O) groups is 1. The van der Waals surface area contributed by atoms with E-state index in [0.29, 0.717) is 11.4 Å². The molecule has 1 amide bonds. The van der Waals surface area contributed by atoms with Gasteiger partial charge >= 0.3 is 0 Å². The average Bonchev–Trinajstić information content (AvgIpc) is 2.75. The Morgan fingerprint density at radius 1 is 1.33 bits per heavy atom. The second-order valence-electron chi connectivity index (χ2n) is 4.18. The zero-order valence-electron chi connectivity index (χ0n) is 10.6. The molecule has 2 aromatic heterocycles. The summed E-state index contributed by atoms with van der Waals surface area (Å²) < 4.78 is 0. The number of aromatic nitrogens is 3. The maximum absolute atomic E-state index is 11.9. The van der Waals surface area contributed by atoms with Gasteiger partial charge in [0.25, 0.3) is 5.91 Å². The Labute approximate surface area is 105 Å². The van der Waals surface area contributed by atoms with Gasteiger partial charge in [-0.2, -0.15) is 5.10 Å². The van der Waals surface area contributed by atoms with Crippen molar-refractivity contribution in [3.05, 3.63) is 35.7 Å². The number of aryl methyl sites for hydroxylation is 1. The van der Waals surface area contributed by atoms with Crippen LogP contribution in [-0.4, -0.2) is 35.2 Å². The van der Waals surface area contributed by atoms with E-state index in [4.69, 9.17) is 0 Å². The topological polar surface area (TPSA) is 73.9 Å². The number of nitrogens with one attached hydrogen (secondary N) is 2. The largest absolute Gasteiger partial charge is 0.363 e. The second kappa shape index (κ2) is 4.87. The predicted octanol–water partition coefficient (Wildman–Crippen LogP) is 1.43. The number of carbonyl (C=O) groups excluding carboxylic acids is 1. The minimum absolute atomic E-state index is 0.208. The van der Waals surface area contributed by atoms with Crippen molar-refractivity contribution < 1.29 is 4.79 Å². The van der Waals surface area contributed by atoms with Crippen molar-refractivity contribution in [3.8, 4) is 0 Å². The van der Waals surface area contributed by atoms with E-state index in [1.807, 2.05) is 25.9 Å². The van der Waals surface area contributed by atoms with Gasteiger partial charge in [0, 0.05) is 25.9 Å². The molecule has 0 aliphatic carbocycles. The van der Waals surface area contributed by atoms with Crippen LogP contribution in [0.5, 0.6) is 0 Å². The monoisotopic (exact) mass is 245 g/mol. The first kappa shape index (κ1) is 12.1. The van der Waals surface area contributed by atoms with Gasteiger partial charge in [0.15, 0.2) is 0 Å². The van der Waals surface area contributed by atoms with Crippen LogP contribution in [0, 0.1) is 6.92 Å². The summed E-state index contributed by atoms with van der Waals surface area (Å²) in [7, 11) is 3.80. The fourth-order valence-electron chi connectivity index (χ4n) is 1.44. The Hall–Kier alpha value is -2.37. The summed E-state index contributed by atoms with van der Waals surface area (Å²) in [6, 6.07) is 3.54. The number of anilines is 2. The van der Waals surface area contributed by atoms with Gasteiger partial charge in [-0.1, -0.05) is 0 Å². The Bertz CT molecular complexity index is 544. The third-order valence-corrected chi connectivity index (χ3v) is 2.54. The molecule has 2 rings (SSSR count). The predicted molar refractivity (Wildman–Crippen MR) is 69.8 cm³/mol. The Morgan fingerprint density at radius 2 is 2.11 bits per heavy atom. The van der Waals surface area contributed by atoms with E-state index in [0.717, 1.165) is 11.4 Å². The van der Waals surface area contributed by atoms with E-state index in [1.54, 1.807) is 24.5 Å². The standard InChI is InChI=1S/C12H15N5O/c1-8-6-14-16-11(8)15-12(18)9-4-5-10(13-7-9)17(2)3/h4-7H,1-3H3,(H2,14,15,16,18). The van der Waals surface area contributed by atoms with Gasteiger partial charge in [0.1, 0.15) is 11.6 Å². The molecule has 0 aromatic carbocycles. The van der Waals surface area contributed by atoms with Crippen LogP contribution in [-0.2, 0) is 0 Å². The molecule has 2 aromatic rings. The van der Waals surface area contributed by atoms with Crippen molar-refractivity contribution in [1.29, 1.82) is 0 Å². The summed E-state index contributed by atoms with van der Waals surface area (Å²) in [5, 5.41) is 9.31. The maximum atomic E-state index is 11.9. The summed E-state index contributed by atoms with van der Waals surface area (Å²) in [6.45, 7) is 1.87. The Balaban J connectivity index is 2.12. The van der Waals surface area contributed by atoms with Crippen molar-refractivity contribution in [1.82, 2.24) is 15.2 Å². The SMILES string of the molecule is Cc1cn[nH]c1NC(=O)c1ccc(N(C)C)nc1. The number of pyridine rings is 1. The van der Waals surface area contributed by atoms with Gasteiger partial charge in [-0.15, -0.1) is 0 Å². The van der Waals surface area contributed by atoms with Crippen LogP contribution < -0.4 is 10.2 Å². The molecule has 2 N–H and O–H groups in total. The summed E-state index contributed by atoms with van der Waals surface area (Å²) in [5.74, 6) is 1.21. The fraction of sp³-hybridized carbons (Fsp3) is 0.250. The van der Waals surface area contributed by atoms with Crippen LogP contribution in [0.4, 0.5) is 11.6 Å².